The van der Waals surface area contributed by atoms with Crippen molar-refractivity contribution in [3.05, 3.63) is 29.6 Å². The smallest absolute Gasteiger partial charge is 0.283 e. The van der Waals surface area contributed by atoms with Gasteiger partial charge >= 0.3 is 0 Å². The number of aliphatic imine (C=N–C) groups is 1. The van der Waals surface area contributed by atoms with Crippen LogP contribution < -0.4 is 11.5 Å². The number of rotatable bonds is 1. The van der Waals surface area contributed by atoms with Crippen molar-refractivity contribution in [1.82, 2.24) is 0 Å². The molecule has 4 N–H and O–H groups in total. The molecule has 1 fully saturated rings. The Morgan fingerprint density at radius 2 is 2.22 bits per heavy atom. The lowest BCUT2D eigenvalue weighted by atomic mass is 9.83. The number of amidine groups is 1. The van der Waals surface area contributed by atoms with Gasteiger partial charge in [0.2, 0.25) is 0 Å². The lowest BCUT2D eigenvalue weighted by molar-refractivity contribution is 0.0208. The molecule has 0 bridgehead atoms. The van der Waals surface area contributed by atoms with E-state index in [1.807, 2.05) is 0 Å². The van der Waals surface area contributed by atoms with Crippen LogP contribution in [-0.4, -0.2) is 25.3 Å². The van der Waals surface area contributed by atoms with Crippen LogP contribution in [0, 0.1) is 5.82 Å². The number of anilines is 1. The van der Waals surface area contributed by atoms with Crippen LogP contribution in [0.5, 0.6) is 0 Å². The second-order valence-electron chi connectivity index (χ2n) is 4.53. The highest BCUT2D eigenvalue weighted by Gasteiger charge is 2.50. The maximum atomic E-state index is 14.1. The van der Waals surface area contributed by atoms with Gasteiger partial charge in [0.15, 0.2) is 0 Å². The quantitative estimate of drug-likeness (QED) is 0.721. The molecule has 2 aliphatic rings. The van der Waals surface area contributed by atoms with Gasteiger partial charge in [-0.05, 0) is 18.2 Å². The summed E-state index contributed by atoms with van der Waals surface area (Å²) in [5.74, 6) is -0.349. The first-order valence-electron chi connectivity index (χ1n) is 5.77. The zero-order valence-corrected chi connectivity index (χ0v) is 9.73. The number of fused-ring (bicyclic) bond motifs is 1. The Kier molecular flexibility index (Phi) is 2.41. The van der Waals surface area contributed by atoms with Crippen LogP contribution in [0.15, 0.2) is 23.2 Å². The van der Waals surface area contributed by atoms with E-state index >= 15 is 0 Å². The second kappa shape index (κ2) is 3.84. The van der Waals surface area contributed by atoms with Crippen molar-refractivity contribution in [3.8, 4) is 0 Å². The second-order valence-corrected chi connectivity index (χ2v) is 4.53. The lowest BCUT2D eigenvalue weighted by Gasteiger charge is -2.34. The fourth-order valence-corrected chi connectivity index (χ4v) is 2.60. The SMILES string of the molecule is NC1=N[C@@]2(c3cc(N)ccc3F)CCO[C@H]2CO1. The number of benzene rings is 1. The third-order valence-corrected chi connectivity index (χ3v) is 3.48. The predicted molar refractivity (Wildman–Crippen MR) is 64.4 cm³/mol. The van der Waals surface area contributed by atoms with E-state index in [2.05, 4.69) is 4.99 Å². The molecule has 3 rings (SSSR count). The highest BCUT2D eigenvalue weighted by molar-refractivity contribution is 5.73. The van der Waals surface area contributed by atoms with Crippen LogP contribution >= 0.6 is 0 Å². The summed E-state index contributed by atoms with van der Waals surface area (Å²) in [7, 11) is 0. The van der Waals surface area contributed by atoms with Gasteiger partial charge in [-0.15, -0.1) is 0 Å². The summed E-state index contributed by atoms with van der Waals surface area (Å²) in [4.78, 5) is 4.30. The minimum absolute atomic E-state index is 0.0681. The van der Waals surface area contributed by atoms with Gasteiger partial charge in [0, 0.05) is 17.7 Å². The van der Waals surface area contributed by atoms with Gasteiger partial charge in [0.25, 0.3) is 6.02 Å². The number of nitrogen functional groups attached to an aromatic ring is 1. The van der Waals surface area contributed by atoms with Crippen molar-refractivity contribution in [2.45, 2.75) is 18.1 Å². The Labute approximate surface area is 104 Å². The Balaban J connectivity index is 2.17. The highest BCUT2D eigenvalue weighted by Crippen LogP contribution is 2.43. The van der Waals surface area contributed by atoms with E-state index in [0.717, 1.165) is 0 Å². The standard InChI is InChI=1S/C12H14FN3O2/c13-9-2-1-7(14)5-8(9)12-3-4-17-10(12)6-18-11(15)16-12/h1-2,5,10H,3-4,6,14H2,(H2,15,16)/t10-,12+/m0/s1. The summed E-state index contributed by atoms with van der Waals surface area (Å²) in [5.41, 5.74) is 11.5. The van der Waals surface area contributed by atoms with Gasteiger partial charge in [-0.25, -0.2) is 9.38 Å². The van der Waals surface area contributed by atoms with E-state index in [1.165, 1.54) is 12.1 Å². The minimum Gasteiger partial charge on any atom is -0.463 e. The fraction of sp³-hybridized carbons (Fsp3) is 0.417. The van der Waals surface area contributed by atoms with E-state index in [9.17, 15) is 4.39 Å². The predicted octanol–water partition coefficient (Wildman–Crippen LogP) is 0.737. The number of nitrogens with two attached hydrogens (primary N) is 2. The monoisotopic (exact) mass is 251 g/mol. The molecule has 0 amide bonds. The van der Waals surface area contributed by atoms with Crippen LogP contribution in [0.1, 0.15) is 12.0 Å². The van der Waals surface area contributed by atoms with Gasteiger partial charge < -0.3 is 20.9 Å². The zero-order valence-electron chi connectivity index (χ0n) is 9.73. The molecule has 6 heteroatoms. The Bertz CT molecular complexity index is 520. The number of hydrogen-bond donors (Lipinski definition) is 2. The van der Waals surface area contributed by atoms with Crippen LogP contribution in [0.3, 0.4) is 0 Å². The van der Waals surface area contributed by atoms with Gasteiger partial charge in [0.05, 0.1) is 6.61 Å². The van der Waals surface area contributed by atoms with Gasteiger partial charge in [0.1, 0.15) is 24.1 Å². The van der Waals surface area contributed by atoms with E-state index < -0.39 is 5.54 Å². The molecule has 1 saturated heterocycles. The molecule has 0 unspecified atom stereocenters. The van der Waals surface area contributed by atoms with Crippen LogP contribution in [0.2, 0.25) is 0 Å². The first-order valence-corrected chi connectivity index (χ1v) is 5.77. The molecule has 96 valence electrons. The number of nitrogens with zero attached hydrogens (tertiary/aromatic N) is 1. The molecule has 0 aromatic heterocycles. The first kappa shape index (κ1) is 11.3. The number of hydrogen-bond acceptors (Lipinski definition) is 5. The maximum Gasteiger partial charge on any atom is 0.283 e. The van der Waals surface area contributed by atoms with Crippen molar-refractivity contribution in [2.75, 3.05) is 18.9 Å². The summed E-state index contributed by atoms with van der Waals surface area (Å²) in [6.07, 6.45) is 0.253. The Morgan fingerprint density at radius 1 is 1.39 bits per heavy atom. The molecule has 0 radical (unpaired) electrons. The summed E-state index contributed by atoms with van der Waals surface area (Å²) in [6.45, 7) is 0.780. The highest BCUT2D eigenvalue weighted by atomic mass is 19.1. The van der Waals surface area contributed by atoms with Crippen LogP contribution in [-0.2, 0) is 15.0 Å². The molecule has 0 aliphatic carbocycles. The number of ether oxygens (including phenoxy) is 2. The van der Waals surface area contributed by atoms with Crippen LogP contribution in [0.4, 0.5) is 10.1 Å². The van der Waals surface area contributed by atoms with Gasteiger partial charge in [-0.3, -0.25) is 0 Å². The van der Waals surface area contributed by atoms with E-state index in [1.54, 1.807) is 6.07 Å². The molecular weight excluding hydrogens is 237 g/mol. The van der Waals surface area contributed by atoms with Crippen molar-refractivity contribution in [3.63, 3.8) is 0 Å². The summed E-state index contributed by atoms with van der Waals surface area (Å²) < 4.78 is 24.8. The van der Waals surface area contributed by atoms with Crippen molar-refractivity contribution >= 4 is 11.7 Å². The molecule has 18 heavy (non-hydrogen) atoms. The van der Waals surface area contributed by atoms with E-state index in [4.69, 9.17) is 20.9 Å². The minimum atomic E-state index is -0.804. The van der Waals surface area contributed by atoms with Crippen molar-refractivity contribution < 1.29 is 13.9 Å². The van der Waals surface area contributed by atoms with E-state index in [0.29, 0.717) is 24.3 Å². The molecule has 2 atom stereocenters. The van der Waals surface area contributed by atoms with Crippen molar-refractivity contribution in [1.29, 1.82) is 0 Å². The molecule has 2 heterocycles. The molecule has 5 nitrogen and oxygen atoms in total. The average molecular weight is 251 g/mol. The molecular formula is C12H14FN3O2. The maximum absolute atomic E-state index is 14.1. The molecule has 0 spiro atoms. The number of halogens is 1. The summed E-state index contributed by atoms with van der Waals surface area (Å²) in [5, 5.41) is 0. The third kappa shape index (κ3) is 1.53. The molecule has 0 saturated carbocycles. The first-order chi connectivity index (χ1) is 8.62. The van der Waals surface area contributed by atoms with E-state index in [-0.39, 0.29) is 24.5 Å². The average Bonchev–Trinajstić information content (AvgIpc) is 2.76. The molecule has 1 aromatic carbocycles. The summed E-state index contributed by atoms with van der Waals surface area (Å²) in [6, 6.07) is 4.53. The zero-order chi connectivity index (χ0) is 12.8. The molecule has 1 aromatic rings. The van der Waals surface area contributed by atoms with Gasteiger partial charge in [-0.2, -0.15) is 0 Å². The Hall–Kier alpha value is -1.82. The fourth-order valence-electron chi connectivity index (χ4n) is 2.60. The molecule has 2 aliphatic heterocycles. The van der Waals surface area contributed by atoms with Gasteiger partial charge in [-0.1, -0.05) is 0 Å². The third-order valence-electron chi connectivity index (χ3n) is 3.48. The topological polar surface area (TPSA) is 82.9 Å². The normalized spacial score (nSPS) is 30.5. The lowest BCUT2D eigenvalue weighted by Crippen LogP contribution is -2.45. The summed E-state index contributed by atoms with van der Waals surface area (Å²) >= 11 is 0. The largest absolute Gasteiger partial charge is 0.463 e. The Morgan fingerprint density at radius 3 is 3.06 bits per heavy atom. The van der Waals surface area contributed by atoms with Crippen LogP contribution in [0.25, 0.3) is 0 Å². The van der Waals surface area contributed by atoms with Crippen molar-refractivity contribution in [2.24, 2.45) is 10.7 Å².